The fraction of sp³-hybridized carbons (Fsp3) is 0.700. The molecular weight excluding hydrogens is 242 g/mol. The van der Waals surface area contributed by atoms with Crippen molar-refractivity contribution in [2.24, 2.45) is 5.73 Å². The number of ether oxygens (including phenoxy) is 1. The molecule has 0 aliphatic rings. The van der Waals surface area contributed by atoms with Crippen molar-refractivity contribution >= 4 is 17.9 Å². The van der Waals surface area contributed by atoms with E-state index in [4.69, 9.17) is 15.6 Å². The molecule has 0 aromatic heterocycles. The molecule has 3 amide bonds. The quantitative estimate of drug-likeness (QED) is 0.542. The minimum atomic E-state index is -1.33. The van der Waals surface area contributed by atoms with Crippen LogP contribution in [0.4, 0.5) is 4.79 Å². The number of nitrogens with zero attached hydrogens (tertiary/aromatic N) is 1. The Morgan fingerprint density at radius 1 is 1.44 bits per heavy atom. The first-order valence-electron chi connectivity index (χ1n) is 5.33. The Kier molecular flexibility index (Phi) is 6.73. The molecule has 8 heteroatoms. The number of aliphatic carboxylic acids is 1. The van der Waals surface area contributed by atoms with Gasteiger partial charge in [0, 0.05) is 14.2 Å². The molecule has 0 bridgehead atoms. The fourth-order valence-electron chi connectivity index (χ4n) is 1.21. The average Bonchev–Trinajstić information content (AvgIpc) is 2.26. The van der Waals surface area contributed by atoms with E-state index in [0.717, 1.165) is 0 Å². The zero-order valence-corrected chi connectivity index (χ0v) is 10.7. The van der Waals surface area contributed by atoms with Crippen LogP contribution in [0.3, 0.4) is 0 Å². The van der Waals surface area contributed by atoms with Crippen LogP contribution < -0.4 is 11.1 Å². The number of hydrogen-bond acceptors (Lipinski definition) is 4. The maximum atomic E-state index is 11.7. The van der Waals surface area contributed by atoms with Gasteiger partial charge in [-0.05, 0) is 6.92 Å². The normalized spacial score (nSPS) is 13.5. The van der Waals surface area contributed by atoms with E-state index in [2.05, 4.69) is 5.32 Å². The number of methoxy groups -OCH3 is 1. The van der Waals surface area contributed by atoms with Gasteiger partial charge in [-0.25, -0.2) is 9.59 Å². The van der Waals surface area contributed by atoms with Gasteiger partial charge in [-0.1, -0.05) is 0 Å². The van der Waals surface area contributed by atoms with Crippen molar-refractivity contribution in [1.82, 2.24) is 10.2 Å². The summed E-state index contributed by atoms with van der Waals surface area (Å²) in [5.41, 5.74) is 4.90. The maximum absolute atomic E-state index is 11.7. The number of amides is 3. The summed E-state index contributed by atoms with van der Waals surface area (Å²) in [6, 6.07) is -2.15. The summed E-state index contributed by atoms with van der Waals surface area (Å²) >= 11 is 0. The number of hydrogen-bond donors (Lipinski definition) is 3. The molecule has 0 aromatic rings. The Labute approximate surface area is 105 Å². The van der Waals surface area contributed by atoms with Crippen molar-refractivity contribution in [3.63, 3.8) is 0 Å². The summed E-state index contributed by atoms with van der Waals surface area (Å²) in [5.74, 6) is -2.11. The van der Waals surface area contributed by atoms with Gasteiger partial charge >= 0.3 is 12.0 Å². The zero-order valence-electron chi connectivity index (χ0n) is 10.7. The van der Waals surface area contributed by atoms with Gasteiger partial charge < -0.3 is 25.8 Å². The molecule has 0 saturated heterocycles. The number of primary amides is 1. The molecule has 4 N–H and O–H groups in total. The first-order valence-corrected chi connectivity index (χ1v) is 5.33. The summed E-state index contributed by atoms with van der Waals surface area (Å²) < 4.78 is 4.88. The minimum Gasteiger partial charge on any atom is -0.480 e. The van der Waals surface area contributed by atoms with Gasteiger partial charge in [0.2, 0.25) is 5.91 Å². The Morgan fingerprint density at radius 2 is 2.00 bits per heavy atom. The van der Waals surface area contributed by atoms with Crippen molar-refractivity contribution in [3.05, 3.63) is 0 Å². The van der Waals surface area contributed by atoms with Crippen molar-refractivity contribution in [1.29, 1.82) is 0 Å². The van der Waals surface area contributed by atoms with Crippen LogP contribution in [0.2, 0.25) is 0 Å². The van der Waals surface area contributed by atoms with Gasteiger partial charge in [0.25, 0.3) is 0 Å². The van der Waals surface area contributed by atoms with Crippen LogP contribution in [0.25, 0.3) is 0 Å². The molecule has 0 radical (unpaired) electrons. The SMILES string of the molecule is COCC(C)N(C)C(=O)N[C@H](CC(N)=O)C(=O)O. The molecule has 0 spiro atoms. The molecule has 8 nitrogen and oxygen atoms in total. The third kappa shape index (κ3) is 5.48. The Morgan fingerprint density at radius 3 is 2.39 bits per heavy atom. The number of carbonyl (C=O) groups excluding carboxylic acids is 2. The molecule has 0 aromatic carbocycles. The van der Waals surface area contributed by atoms with E-state index in [0.29, 0.717) is 6.61 Å². The van der Waals surface area contributed by atoms with Gasteiger partial charge in [-0.15, -0.1) is 0 Å². The summed E-state index contributed by atoms with van der Waals surface area (Å²) in [5, 5.41) is 11.0. The van der Waals surface area contributed by atoms with E-state index in [1.807, 2.05) is 0 Å². The first-order chi connectivity index (χ1) is 8.29. The molecular formula is C10H19N3O5. The van der Waals surface area contributed by atoms with Gasteiger partial charge in [-0.3, -0.25) is 4.79 Å². The smallest absolute Gasteiger partial charge is 0.326 e. The van der Waals surface area contributed by atoms with E-state index in [1.54, 1.807) is 6.92 Å². The highest BCUT2D eigenvalue weighted by Gasteiger charge is 2.25. The second-order valence-electron chi connectivity index (χ2n) is 3.93. The third-order valence-corrected chi connectivity index (χ3v) is 2.39. The van der Waals surface area contributed by atoms with Crippen molar-refractivity contribution in [2.75, 3.05) is 20.8 Å². The van der Waals surface area contributed by atoms with Gasteiger partial charge in [0.1, 0.15) is 6.04 Å². The maximum Gasteiger partial charge on any atom is 0.326 e. The number of urea groups is 1. The van der Waals surface area contributed by atoms with Crippen LogP contribution in [0.5, 0.6) is 0 Å². The van der Waals surface area contributed by atoms with Crippen LogP contribution in [0, 0.1) is 0 Å². The van der Waals surface area contributed by atoms with Crippen LogP contribution in [0.1, 0.15) is 13.3 Å². The van der Waals surface area contributed by atoms with E-state index in [9.17, 15) is 14.4 Å². The Balaban J connectivity index is 4.49. The van der Waals surface area contributed by atoms with Crippen LogP contribution in [-0.2, 0) is 14.3 Å². The highest BCUT2D eigenvalue weighted by atomic mass is 16.5. The molecule has 0 fully saturated rings. The summed E-state index contributed by atoms with van der Waals surface area (Å²) in [6.07, 6.45) is -0.451. The van der Waals surface area contributed by atoms with E-state index in [-0.39, 0.29) is 6.04 Å². The number of rotatable bonds is 7. The van der Waals surface area contributed by atoms with Crippen molar-refractivity contribution in [3.8, 4) is 0 Å². The molecule has 0 heterocycles. The second kappa shape index (κ2) is 7.49. The largest absolute Gasteiger partial charge is 0.480 e. The predicted molar refractivity (Wildman–Crippen MR) is 62.9 cm³/mol. The Bertz CT molecular complexity index is 321. The molecule has 18 heavy (non-hydrogen) atoms. The third-order valence-electron chi connectivity index (χ3n) is 2.39. The fourth-order valence-corrected chi connectivity index (χ4v) is 1.21. The van der Waals surface area contributed by atoms with Gasteiger partial charge in [0.05, 0.1) is 19.1 Å². The molecule has 2 atom stereocenters. The summed E-state index contributed by atoms with van der Waals surface area (Å²) in [4.78, 5) is 34.5. The lowest BCUT2D eigenvalue weighted by Crippen LogP contribution is -2.51. The summed E-state index contributed by atoms with van der Waals surface area (Å²) in [6.45, 7) is 2.06. The number of likely N-dealkylation sites (N-methyl/N-ethyl adjacent to an activating group) is 1. The monoisotopic (exact) mass is 261 g/mol. The number of carboxylic acid groups (broad SMARTS) is 1. The van der Waals surface area contributed by atoms with Crippen molar-refractivity contribution < 1.29 is 24.2 Å². The van der Waals surface area contributed by atoms with Crippen LogP contribution in [0.15, 0.2) is 0 Å². The van der Waals surface area contributed by atoms with Gasteiger partial charge in [-0.2, -0.15) is 0 Å². The minimum absolute atomic E-state index is 0.224. The van der Waals surface area contributed by atoms with Crippen molar-refractivity contribution in [2.45, 2.75) is 25.4 Å². The van der Waals surface area contributed by atoms with Crippen LogP contribution >= 0.6 is 0 Å². The van der Waals surface area contributed by atoms with E-state index in [1.165, 1.54) is 19.1 Å². The topological polar surface area (TPSA) is 122 Å². The molecule has 104 valence electrons. The number of nitrogens with two attached hydrogens (primary N) is 1. The number of carbonyl (C=O) groups is 3. The highest BCUT2D eigenvalue weighted by molar-refractivity contribution is 5.87. The lowest BCUT2D eigenvalue weighted by atomic mass is 10.2. The van der Waals surface area contributed by atoms with E-state index < -0.39 is 30.4 Å². The lowest BCUT2D eigenvalue weighted by molar-refractivity contribution is -0.141. The van der Waals surface area contributed by atoms with Gasteiger partial charge in [0.15, 0.2) is 0 Å². The summed E-state index contributed by atoms with van der Waals surface area (Å²) in [7, 11) is 3.00. The molecule has 0 aliphatic heterocycles. The molecule has 0 aliphatic carbocycles. The first kappa shape index (κ1) is 16.2. The zero-order chi connectivity index (χ0) is 14.3. The highest BCUT2D eigenvalue weighted by Crippen LogP contribution is 1.99. The average molecular weight is 261 g/mol. The van der Waals surface area contributed by atoms with Crippen LogP contribution in [-0.4, -0.2) is 60.8 Å². The number of nitrogens with one attached hydrogen (secondary N) is 1. The molecule has 0 rings (SSSR count). The molecule has 0 saturated carbocycles. The van der Waals surface area contributed by atoms with E-state index >= 15 is 0 Å². The standard InChI is InChI=1S/C10H19N3O5/c1-6(5-18-3)13(2)10(17)12-7(9(15)16)4-8(11)14/h6-7H,4-5H2,1-3H3,(H2,11,14)(H,12,17)(H,15,16)/t6?,7-/m1/s1. The predicted octanol–water partition coefficient (Wildman–Crippen LogP) is -1.01. The molecule has 1 unspecified atom stereocenters. The second-order valence-corrected chi connectivity index (χ2v) is 3.93. The Hall–Kier alpha value is -1.83. The lowest BCUT2D eigenvalue weighted by Gasteiger charge is -2.26. The number of carboxylic acids is 1.